The molecule has 0 aliphatic carbocycles. The van der Waals surface area contributed by atoms with Gasteiger partial charge in [-0.2, -0.15) is 0 Å². The van der Waals surface area contributed by atoms with E-state index in [0.29, 0.717) is 52.0 Å². The van der Waals surface area contributed by atoms with Crippen molar-refractivity contribution in [3.05, 3.63) is 83.9 Å². The Morgan fingerprint density at radius 1 is 0.893 bits per heavy atom. The van der Waals surface area contributed by atoms with Gasteiger partial charge in [0.25, 0.3) is 0 Å². The topological polar surface area (TPSA) is 163 Å². The van der Waals surface area contributed by atoms with Crippen LogP contribution >= 0.6 is 0 Å². The fourth-order valence-electron chi connectivity index (χ4n) is 7.57. The lowest BCUT2D eigenvalue weighted by Crippen LogP contribution is -2.54. The molecule has 0 bridgehead atoms. The van der Waals surface area contributed by atoms with Crippen molar-refractivity contribution in [1.82, 2.24) is 20.9 Å². The van der Waals surface area contributed by atoms with Crippen LogP contribution in [0.2, 0.25) is 0 Å². The summed E-state index contributed by atoms with van der Waals surface area (Å²) in [5.74, 6) is -1.94. The first-order valence-electron chi connectivity index (χ1n) is 19.7. The summed E-state index contributed by atoms with van der Waals surface area (Å²) in [6.45, 7) is 5.32. The van der Waals surface area contributed by atoms with Gasteiger partial charge in [0.1, 0.15) is 18.8 Å². The van der Waals surface area contributed by atoms with Gasteiger partial charge in [0.2, 0.25) is 5.91 Å². The average molecular weight is 775 g/mol. The van der Waals surface area contributed by atoms with E-state index in [4.69, 9.17) is 28.4 Å². The van der Waals surface area contributed by atoms with Gasteiger partial charge in [-0.05, 0) is 48.1 Å². The molecule has 1 spiro atoms. The maximum Gasteiger partial charge on any atom is 0.408 e. The summed E-state index contributed by atoms with van der Waals surface area (Å²) in [6, 6.07) is 22.5. The molecule has 3 heterocycles. The highest BCUT2D eigenvalue weighted by atomic mass is 16.7. The van der Waals surface area contributed by atoms with Crippen LogP contribution in [0.1, 0.15) is 63.0 Å². The van der Waals surface area contributed by atoms with E-state index in [1.54, 1.807) is 6.92 Å². The molecule has 14 heteroatoms. The van der Waals surface area contributed by atoms with Crippen molar-refractivity contribution in [3.63, 3.8) is 0 Å². The second kappa shape index (κ2) is 20.4. The molecule has 3 aliphatic rings. The molecule has 302 valence electrons. The SMILES string of the molecule is CCOC(=O)[C@H](Cc1ccccc1)NC(=O)CC[C@@H]1C[C@@H](OC(=O)NCc2cccc3ccccc23)C[C@@]2(CCC[C@H](COC(=O)NCN3CCOCC3)O2)O1. The molecule has 0 saturated carbocycles. The third-order valence-corrected chi connectivity index (χ3v) is 10.3. The van der Waals surface area contributed by atoms with E-state index in [1.807, 2.05) is 72.8 Å². The number of nitrogens with zero attached hydrogens (tertiary/aromatic N) is 1. The number of hydrogen-bond acceptors (Lipinski definition) is 11. The molecular formula is C42H54N4O10. The third-order valence-electron chi connectivity index (χ3n) is 10.3. The van der Waals surface area contributed by atoms with E-state index in [0.717, 1.165) is 41.4 Å². The zero-order chi connectivity index (χ0) is 39.2. The van der Waals surface area contributed by atoms with Gasteiger partial charge < -0.3 is 44.4 Å². The Morgan fingerprint density at radius 3 is 2.48 bits per heavy atom. The van der Waals surface area contributed by atoms with Crippen molar-refractivity contribution >= 4 is 34.8 Å². The molecule has 3 amide bonds. The number of morpholine rings is 1. The normalized spacial score (nSPS) is 23.1. The lowest BCUT2D eigenvalue weighted by molar-refractivity contribution is -0.329. The molecule has 0 radical (unpaired) electrons. The highest BCUT2D eigenvalue weighted by molar-refractivity contribution is 5.86. The molecule has 3 fully saturated rings. The summed E-state index contributed by atoms with van der Waals surface area (Å²) in [5, 5.41) is 10.7. The maximum absolute atomic E-state index is 13.3. The monoisotopic (exact) mass is 774 g/mol. The Morgan fingerprint density at radius 2 is 1.66 bits per heavy atom. The van der Waals surface area contributed by atoms with E-state index in [-0.39, 0.29) is 38.5 Å². The summed E-state index contributed by atoms with van der Waals surface area (Å²) in [6.07, 6.45) is 0.563. The molecular weight excluding hydrogens is 720 g/mol. The fourth-order valence-corrected chi connectivity index (χ4v) is 7.57. The molecule has 5 atom stereocenters. The summed E-state index contributed by atoms with van der Waals surface area (Å²) in [7, 11) is 0. The number of ether oxygens (including phenoxy) is 6. The van der Waals surface area contributed by atoms with Crippen molar-refractivity contribution in [1.29, 1.82) is 0 Å². The number of amides is 3. The fraction of sp³-hybridized carbons (Fsp3) is 0.524. The number of carbonyl (C=O) groups is 4. The van der Waals surface area contributed by atoms with E-state index >= 15 is 0 Å². The van der Waals surface area contributed by atoms with Crippen LogP contribution in [0.5, 0.6) is 0 Å². The number of carbonyl (C=O) groups excluding carboxylic acids is 4. The van der Waals surface area contributed by atoms with Crippen molar-refractivity contribution in [2.75, 3.05) is 46.2 Å². The molecule has 3 N–H and O–H groups in total. The van der Waals surface area contributed by atoms with Crippen LogP contribution in [-0.2, 0) is 51.0 Å². The predicted molar refractivity (Wildman–Crippen MR) is 206 cm³/mol. The lowest BCUT2D eigenvalue weighted by Gasteiger charge is -2.47. The third kappa shape index (κ3) is 12.1. The summed E-state index contributed by atoms with van der Waals surface area (Å²) < 4.78 is 35.4. The zero-order valence-electron chi connectivity index (χ0n) is 32.1. The number of rotatable bonds is 15. The number of nitrogens with one attached hydrogen (secondary N) is 3. The molecule has 3 saturated heterocycles. The van der Waals surface area contributed by atoms with Crippen molar-refractivity contribution in [3.8, 4) is 0 Å². The first-order valence-corrected chi connectivity index (χ1v) is 19.7. The smallest absolute Gasteiger partial charge is 0.408 e. The van der Waals surface area contributed by atoms with Crippen LogP contribution in [0.4, 0.5) is 9.59 Å². The maximum atomic E-state index is 13.3. The highest BCUT2D eigenvalue weighted by Gasteiger charge is 2.47. The van der Waals surface area contributed by atoms with Crippen molar-refractivity contribution < 1.29 is 47.6 Å². The van der Waals surface area contributed by atoms with Crippen molar-refractivity contribution in [2.24, 2.45) is 0 Å². The minimum absolute atomic E-state index is 0.0286. The Hall–Kier alpha value is -4.76. The van der Waals surface area contributed by atoms with Gasteiger partial charge in [-0.1, -0.05) is 72.8 Å². The van der Waals surface area contributed by atoms with Crippen molar-refractivity contribution in [2.45, 2.75) is 95.0 Å². The minimum Gasteiger partial charge on any atom is -0.464 e. The second-order valence-corrected chi connectivity index (χ2v) is 14.5. The number of benzene rings is 3. The predicted octanol–water partition coefficient (Wildman–Crippen LogP) is 4.97. The van der Waals surface area contributed by atoms with Crippen LogP contribution in [0.15, 0.2) is 72.8 Å². The Kier molecular flexibility index (Phi) is 14.9. The van der Waals surface area contributed by atoms with Crippen LogP contribution in [0.3, 0.4) is 0 Å². The number of esters is 1. The molecule has 3 aliphatic heterocycles. The number of fused-ring (bicyclic) bond motifs is 1. The van der Waals surface area contributed by atoms with Crippen LogP contribution in [0.25, 0.3) is 10.8 Å². The second-order valence-electron chi connectivity index (χ2n) is 14.5. The molecule has 0 unspecified atom stereocenters. The summed E-state index contributed by atoms with van der Waals surface area (Å²) in [4.78, 5) is 54.0. The first-order chi connectivity index (χ1) is 27.3. The standard InChI is InChI=1S/C42H54N4O10/c1-2-52-39(48)37(24-30-10-4-3-5-11-30)45-38(47)18-17-33-25-35(54-41(50)43-27-32-14-8-13-31-12-6-7-16-36(31)32)26-42(55-33)19-9-15-34(56-42)28-53-40(49)44-29-46-20-22-51-23-21-46/h3-8,10-14,16,33-35,37H,2,9,15,17-29H2,1H3,(H,43,50)(H,44,49)(H,45,47)/t33-,34-,35-,37+,42+/m1/s1. The van der Waals surface area contributed by atoms with Gasteiger partial charge in [-0.3, -0.25) is 9.69 Å². The molecule has 0 aromatic heterocycles. The number of hydrogen-bond donors (Lipinski definition) is 3. The molecule has 3 aromatic rings. The Balaban J connectivity index is 1.08. The molecule has 14 nitrogen and oxygen atoms in total. The van der Waals surface area contributed by atoms with E-state index in [1.165, 1.54) is 0 Å². The first kappa shape index (κ1) is 40.9. The van der Waals surface area contributed by atoms with Gasteiger partial charge >= 0.3 is 18.2 Å². The van der Waals surface area contributed by atoms with Gasteiger partial charge in [0.05, 0.1) is 38.7 Å². The van der Waals surface area contributed by atoms with E-state index in [2.05, 4.69) is 20.9 Å². The van der Waals surface area contributed by atoms with Gasteiger partial charge in [-0.25, -0.2) is 14.4 Å². The summed E-state index contributed by atoms with van der Waals surface area (Å²) in [5.41, 5.74) is 1.86. The highest BCUT2D eigenvalue weighted by Crippen LogP contribution is 2.41. The van der Waals surface area contributed by atoms with Crippen LogP contribution in [-0.4, -0.2) is 105 Å². The van der Waals surface area contributed by atoms with Gasteiger partial charge in [-0.15, -0.1) is 0 Å². The molecule has 6 rings (SSSR count). The summed E-state index contributed by atoms with van der Waals surface area (Å²) >= 11 is 0. The lowest BCUT2D eigenvalue weighted by atomic mass is 9.90. The zero-order valence-corrected chi connectivity index (χ0v) is 32.1. The number of alkyl carbamates (subject to hydrolysis) is 2. The van der Waals surface area contributed by atoms with E-state index < -0.39 is 48.3 Å². The van der Waals surface area contributed by atoms with E-state index in [9.17, 15) is 19.2 Å². The quantitative estimate of drug-likeness (QED) is 0.141. The minimum atomic E-state index is -1.11. The molecule has 3 aromatic carbocycles. The Labute approximate surface area is 327 Å². The van der Waals surface area contributed by atoms with Gasteiger partial charge in [0, 0.05) is 51.7 Å². The van der Waals surface area contributed by atoms with Gasteiger partial charge in [0.15, 0.2) is 5.79 Å². The molecule has 56 heavy (non-hydrogen) atoms. The Bertz CT molecular complexity index is 1750. The average Bonchev–Trinajstić information content (AvgIpc) is 3.21. The largest absolute Gasteiger partial charge is 0.464 e. The van der Waals surface area contributed by atoms with Crippen LogP contribution in [0, 0.1) is 0 Å². The van der Waals surface area contributed by atoms with Crippen LogP contribution < -0.4 is 16.0 Å².